The lowest BCUT2D eigenvalue weighted by molar-refractivity contribution is 0.880. The van der Waals surface area contributed by atoms with Crippen molar-refractivity contribution in [2.24, 2.45) is 0 Å². The van der Waals surface area contributed by atoms with Crippen LogP contribution in [-0.2, 0) is 0 Å². The van der Waals surface area contributed by atoms with Crippen LogP contribution in [0.15, 0.2) is 59.9 Å². The number of rotatable bonds is 3. The SMILES string of the molecule is C=C/C=C(\C)c1ccc(-n2cc(Br)cn2)cc1. The maximum atomic E-state index is 4.24. The Morgan fingerprint density at radius 1 is 1.35 bits per heavy atom. The molecule has 0 unspecified atom stereocenters. The van der Waals surface area contributed by atoms with Gasteiger partial charge in [-0.1, -0.05) is 30.9 Å². The first-order chi connectivity index (χ1) is 8.20. The topological polar surface area (TPSA) is 17.8 Å². The summed E-state index contributed by atoms with van der Waals surface area (Å²) in [5.74, 6) is 0. The van der Waals surface area contributed by atoms with Gasteiger partial charge in [-0.2, -0.15) is 5.10 Å². The van der Waals surface area contributed by atoms with Crippen molar-refractivity contribution in [2.45, 2.75) is 6.92 Å². The van der Waals surface area contributed by atoms with Crippen molar-refractivity contribution in [3.8, 4) is 5.69 Å². The molecule has 2 rings (SSSR count). The molecular formula is C14H13BrN2. The van der Waals surface area contributed by atoms with Crippen molar-refractivity contribution >= 4 is 21.5 Å². The summed E-state index contributed by atoms with van der Waals surface area (Å²) in [6, 6.07) is 8.27. The molecular weight excluding hydrogens is 276 g/mol. The van der Waals surface area contributed by atoms with Crippen LogP contribution in [0.25, 0.3) is 11.3 Å². The van der Waals surface area contributed by atoms with Gasteiger partial charge in [-0.05, 0) is 46.1 Å². The zero-order valence-electron chi connectivity index (χ0n) is 9.60. The summed E-state index contributed by atoms with van der Waals surface area (Å²) in [6.45, 7) is 5.77. The smallest absolute Gasteiger partial charge is 0.0646 e. The zero-order chi connectivity index (χ0) is 12.3. The van der Waals surface area contributed by atoms with Crippen LogP contribution >= 0.6 is 15.9 Å². The fourth-order valence-electron chi connectivity index (χ4n) is 1.59. The Hall–Kier alpha value is -1.61. The summed E-state index contributed by atoms with van der Waals surface area (Å²) < 4.78 is 2.81. The molecule has 0 fully saturated rings. The molecule has 0 spiro atoms. The lowest BCUT2D eigenvalue weighted by atomic mass is 10.1. The van der Waals surface area contributed by atoms with Gasteiger partial charge in [0.1, 0.15) is 0 Å². The average Bonchev–Trinajstić information content (AvgIpc) is 2.76. The third-order valence-corrected chi connectivity index (χ3v) is 2.92. The Morgan fingerprint density at radius 2 is 2.06 bits per heavy atom. The van der Waals surface area contributed by atoms with Gasteiger partial charge in [0.15, 0.2) is 0 Å². The van der Waals surface area contributed by atoms with E-state index in [0.717, 1.165) is 10.2 Å². The molecule has 0 saturated heterocycles. The second kappa shape index (κ2) is 5.15. The van der Waals surface area contributed by atoms with Crippen LogP contribution in [-0.4, -0.2) is 9.78 Å². The zero-order valence-corrected chi connectivity index (χ0v) is 11.2. The minimum atomic E-state index is 0.976. The van der Waals surface area contributed by atoms with Crippen LogP contribution in [0.3, 0.4) is 0 Å². The van der Waals surface area contributed by atoms with E-state index in [4.69, 9.17) is 0 Å². The number of allylic oxidation sites excluding steroid dienone is 3. The van der Waals surface area contributed by atoms with Gasteiger partial charge < -0.3 is 0 Å². The molecule has 0 N–H and O–H groups in total. The van der Waals surface area contributed by atoms with E-state index in [0.29, 0.717) is 0 Å². The molecule has 0 atom stereocenters. The maximum Gasteiger partial charge on any atom is 0.0646 e. The van der Waals surface area contributed by atoms with Crippen molar-refractivity contribution in [3.63, 3.8) is 0 Å². The van der Waals surface area contributed by atoms with E-state index in [-0.39, 0.29) is 0 Å². The first-order valence-corrected chi connectivity index (χ1v) is 6.10. The number of hydrogen-bond acceptors (Lipinski definition) is 1. The summed E-state index contributed by atoms with van der Waals surface area (Å²) in [5, 5.41) is 4.24. The van der Waals surface area contributed by atoms with Gasteiger partial charge in [0.2, 0.25) is 0 Å². The van der Waals surface area contributed by atoms with Gasteiger partial charge >= 0.3 is 0 Å². The highest BCUT2D eigenvalue weighted by Crippen LogP contribution is 2.17. The van der Waals surface area contributed by atoms with Gasteiger partial charge in [-0.25, -0.2) is 4.68 Å². The molecule has 0 saturated carbocycles. The highest BCUT2D eigenvalue weighted by atomic mass is 79.9. The van der Waals surface area contributed by atoms with Gasteiger partial charge in [-0.3, -0.25) is 0 Å². The van der Waals surface area contributed by atoms with Crippen LogP contribution in [0.5, 0.6) is 0 Å². The van der Waals surface area contributed by atoms with E-state index in [2.05, 4.69) is 58.8 Å². The Kier molecular flexibility index (Phi) is 3.59. The highest BCUT2D eigenvalue weighted by Gasteiger charge is 1.99. The second-order valence-electron chi connectivity index (χ2n) is 3.74. The molecule has 3 heteroatoms. The van der Waals surface area contributed by atoms with Crippen molar-refractivity contribution < 1.29 is 0 Å². The predicted octanol–water partition coefficient (Wildman–Crippen LogP) is 4.22. The van der Waals surface area contributed by atoms with Gasteiger partial charge in [0.05, 0.1) is 16.4 Å². The van der Waals surface area contributed by atoms with Gasteiger partial charge in [-0.15, -0.1) is 0 Å². The molecule has 2 aromatic rings. The van der Waals surface area contributed by atoms with Crippen molar-refractivity contribution in [1.29, 1.82) is 0 Å². The molecule has 2 nitrogen and oxygen atoms in total. The molecule has 0 bridgehead atoms. The van der Waals surface area contributed by atoms with Gasteiger partial charge in [0.25, 0.3) is 0 Å². The van der Waals surface area contributed by atoms with E-state index in [1.54, 1.807) is 12.3 Å². The monoisotopic (exact) mass is 288 g/mol. The molecule has 1 aromatic carbocycles. The minimum absolute atomic E-state index is 0.976. The fraction of sp³-hybridized carbons (Fsp3) is 0.0714. The molecule has 0 aliphatic heterocycles. The van der Waals surface area contributed by atoms with Crippen molar-refractivity contribution in [1.82, 2.24) is 9.78 Å². The van der Waals surface area contributed by atoms with E-state index in [9.17, 15) is 0 Å². The fourth-order valence-corrected chi connectivity index (χ4v) is 1.88. The van der Waals surface area contributed by atoms with Crippen LogP contribution in [0.4, 0.5) is 0 Å². The molecule has 0 amide bonds. The minimum Gasteiger partial charge on any atom is -0.240 e. The largest absolute Gasteiger partial charge is 0.240 e. The third kappa shape index (κ3) is 2.74. The summed E-state index contributed by atoms with van der Waals surface area (Å²) in [7, 11) is 0. The molecule has 0 radical (unpaired) electrons. The number of nitrogens with zero attached hydrogens (tertiary/aromatic N) is 2. The molecule has 17 heavy (non-hydrogen) atoms. The number of aromatic nitrogens is 2. The summed E-state index contributed by atoms with van der Waals surface area (Å²) in [5.41, 5.74) is 3.44. The van der Waals surface area contributed by atoms with Crippen LogP contribution < -0.4 is 0 Å². The Balaban J connectivity index is 2.30. The lowest BCUT2D eigenvalue weighted by Gasteiger charge is -2.04. The number of benzene rings is 1. The maximum absolute atomic E-state index is 4.24. The van der Waals surface area contributed by atoms with Crippen molar-refractivity contribution in [3.05, 3.63) is 65.4 Å². The molecule has 0 aliphatic carbocycles. The lowest BCUT2D eigenvalue weighted by Crippen LogP contribution is -1.93. The highest BCUT2D eigenvalue weighted by molar-refractivity contribution is 9.10. The summed E-state index contributed by atoms with van der Waals surface area (Å²) >= 11 is 3.38. The number of hydrogen-bond donors (Lipinski definition) is 0. The Labute approximate surface area is 109 Å². The predicted molar refractivity (Wildman–Crippen MR) is 75.1 cm³/mol. The van der Waals surface area contributed by atoms with Crippen LogP contribution in [0, 0.1) is 0 Å². The number of halogens is 1. The molecule has 1 heterocycles. The van der Waals surface area contributed by atoms with Crippen molar-refractivity contribution in [2.75, 3.05) is 0 Å². The standard InChI is InChI=1S/C14H13BrN2/c1-3-4-11(2)12-5-7-14(8-6-12)17-10-13(15)9-16-17/h3-10H,1H2,2H3/b11-4+. The Bertz CT molecular complexity index is 550. The van der Waals surface area contributed by atoms with E-state index < -0.39 is 0 Å². The quantitative estimate of drug-likeness (QED) is 0.773. The molecule has 1 aromatic heterocycles. The first-order valence-electron chi connectivity index (χ1n) is 5.31. The van der Waals surface area contributed by atoms with E-state index in [1.807, 2.05) is 17.0 Å². The normalized spacial score (nSPS) is 11.5. The van der Waals surface area contributed by atoms with Crippen LogP contribution in [0.2, 0.25) is 0 Å². The first kappa shape index (κ1) is 11.9. The summed E-state index contributed by atoms with van der Waals surface area (Å²) in [6.07, 6.45) is 7.51. The second-order valence-corrected chi connectivity index (χ2v) is 4.65. The molecule has 86 valence electrons. The third-order valence-electron chi connectivity index (χ3n) is 2.51. The van der Waals surface area contributed by atoms with E-state index >= 15 is 0 Å². The Morgan fingerprint density at radius 3 is 2.59 bits per heavy atom. The van der Waals surface area contributed by atoms with Crippen LogP contribution in [0.1, 0.15) is 12.5 Å². The molecule has 0 aliphatic rings. The van der Waals surface area contributed by atoms with Gasteiger partial charge in [0, 0.05) is 6.20 Å². The average molecular weight is 289 g/mol. The summed E-state index contributed by atoms with van der Waals surface area (Å²) in [4.78, 5) is 0. The van der Waals surface area contributed by atoms with E-state index in [1.165, 1.54) is 11.1 Å².